The van der Waals surface area contributed by atoms with E-state index in [2.05, 4.69) is 15.6 Å². The number of aromatic amines is 1. The van der Waals surface area contributed by atoms with Crippen LogP contribution < -0.4 is 15.4 Å². The maximum absolute atomic E-state index is 13.5. The number of fused-ring (bicyclic) bond motifs is 1. The summed E-state index contributed by atoms with van der Waals surface area (Å²) in [5, 5.41) is 7.78. The van der Waals surface area contributed by atoms with Crippen molar-refractivity contribution in [1.29, 1.82) is 0 Å². The van der Waals surface area contributed by atoms with Gasteiger partial charge in [-0.25, -0.2) is 4.39 Å². The summed E-state index contributed by atoms with van der Waals surface area (Å²) in [6.07, 6.45) is 0.745. The predicted molar refractivity (Wildman–Crippen MR) is 104 cm³/mol. The van der Waals surface area contributed by atoms with Crippen LogP contribution in [0.1, 0.15) is 11.3 Å². The van der Waals surface area contributed by atoms with Gasteiger partial charge in [0.15, 0.2) is 5.11 Å². The molecule has 4 nitrogen and oxygen atoms in total. The maximum Gasteiger partial charge on any atom is 0.170 e. The molecule has 0 aliphatic carbocycles. The van der Waals surface area contributed by atoms with Crippen molar-refractivity contribution in [3.8, 4) is 5.75 Å². The van der Waals surface area contributed by atoms with E-state index in [1.165, 1.54) is 6.07 Å². The van der Waals surface area contributed by atoms with Gasteiger partial charge in [0.2, 0.25) is 0 Å². The van der Waals surface area contributed by atoms with Crippen LogP contribution in [-0.2, 0) is 6.42 Å². The number of rotatable bonds is 5. The van der Waals surface area contributed by atoms with Gasteiger partial charge >= 0.3 is 0 Å². The molecule has 1 heterocycles. The Balaban J connectivity index is 1.60. The summed E-state index contributed by atoms with van der Waals surface area (Å²) in [6, 6.07) is 12.4. The van der Waals surface area contributed by atoms with Crippen LogP contribution in [0.2, 0.25) is 0 Å². The minimum absolute atomic E-state index is 0.226. The summed E-state index contributed by atoms with van der Waals surface area (Å²) in [6.45, 7) is 2.65. The molecule has 0 aliphatic rings. The largest absolute Gasteiger partial charge is 0.497 e. The van der Waals surface area contributed by atoms with Gasteiger partial charge in [-0.15, -0.1) is 0 Å². The standard InChI is InChI=1S/C19H20FN3OS/c1-12-16(17-10-13(20)6-7-18(17)22-12)8-9-21-19(25)23-14-4-3-5-15(11-14)24-2/h3-7,10-11,22H,8-9H2,1-2H3,(H2,21,23,25). The Kier molecular flexibility index (Phi) is 5.19. The summed E-state index contributed by atoms with van der Waals surface area (Å²) >= 11 is 5.33. The second-order valence-corrected chi connectivity index (χ2v) is 6.19. The molecule has 25 heavy (non-hydrogen) atoms. The Morgan fingerprint density at radius 1 is 1.24 bits per heavy atom. The molecule has 0 bridgehead atoms. The van der Waals surface area contributed by atoms with Crippen molar-refractivity contribution in [2.75, 3.05) is 19.0 Å². The molecule has 6 heteroatoms. The highest BCUT2D eigenvalue weighted by Crippen LogP contribution is 2.23. The number of methoxy groups -OCH3 is 1. The zero-order valence-electron chi connectivity index (χ0n) is 14.2. The minimum atomic E-state index is -0.226. The molecule has 2 aromatic carbocycles. The molecule has 0 saturated carbocycles. The highest BCUT2D eigenvalue weighted by atomic mass is 32.1. The van der Waals surface area contributed by atoms with Crippen LogP contribution in [0.25, 0.3) is 10.9 Å². The summed E-state index contributed by atoms with van der Waals surface area (Å²) < 4.78 is 18.7. The quantitative estimate of drug-likeness (QED) is 0.600. The van der Waals surface area contributed by atoms with Gasteiger partial charge in [0, 0.05) is 34.9 Å². The molecule has 3 rings (SSSR count). The molecular weight excluding hydrogens is 337 g/mol. The van der Waals surface area contributed by atoms with Crippen LogP contribution in [0.4, 0.5) is 10.1 Å². The monoisotopic (exact) mass is 357 g/mol. The first-order valence-corrected chi connectivity index (χ1v) is 8.43. The van der Waals surface area contributed by atoms with Crippen molar-refractivity contribution >= 4 is 33.9 Å². The van der Waals surface area contributed by atoms with Crippen molar-refractivity contribution in [2.45, 2.75) is 13.3 Å². The van der Waals surface area contributed by atoms with Crippen LogP contribution >= 0.6 is 12.2 Å². The molecule has 0 atom stereocenters. The lowest BCUT2D eigenvalue weighted by Gasteiger charge is -2.11. The fourth-order valence-corrected chi connectivity index (χ4v) is 3.07. The van der Waals surface area contributed by atoms with E-state index < -0.39 is 0 Å². The van der Waals surface area contributed by atoms with Gasteiger partial charge in [-0.1, -0.05) is 6.07 Å². The third-order valence-corrected chi connectivity index (χ3v) is 4.32. The van der Waals surface area contributed by atoms with Crippen molar-refractivity contribution < 1.29 is 9.13 Å². The van der Waals surface area contributed by atoms with Crippen molar-refractivity contribution in [3.63, 3.8) is 0 Å². The van der Waals surface area contributed by atoms with Gasteiger partial charge in [-0.2, -0.15) is 0 Å². The van der Waals surface area contributed by atoms with E-state index in [1.807, 2.05) is 31.2 Å². The summed E-state index contributed by atoms with van der Waals surface area (Å²) in [5.74, 6) is 0.542. The molecule has 0 spiro atoms. The minimum Gasteiger partial charge on any atom is -0.497 e. The van der Waals surface area contributed by atoms with Crippen LogP contribution in [0, 0.1) is 12.7 Å². The summed E-state index contributed by atoms with van der Waals surface area (Å²) in [7, 11) is 1.63. The van der Waals surface area contributed by atoms with E-state index in [0.717, 1.165) is 40.0 Å². The Morgan fingerprint density at radius 3 is 2.88 bits per heavy atom. The van der Waals surface area contributed by atoms with Crippen molar-refractivity contribution in [1.82, 2.24) is 10.3 Å². The SMILES string of the molecule is COc1cccc(NC(=S)NCCc2c(C)[nH]c3ccc(F)cc23)c1. The first-order chi connectivity index (χ1) is 12.1. The molecule has 0 radical (unpaired) electrons. The van der Waals surface area contributed by atoms with Gasteiger partial charge in [-0.3, -0.25) is 0 Å². The summed E-state index contributed by atoms with van der Waals surface area (Å²) in [5.41, 5.74) is 3.97. The highest BCUT2D eigenvalue weighted by molar-refractivity contribution is 7.80. The lowest BCUT2D eigenvalue weighted by molar-refractivity contribution is 0.415. The number of H-pyrrole nitrogens is 1. The number of nitrogens with one attached hydrogen (secondary N) is 3. The first kappa shape index (κ1) is 17.2. The van der Waals surface area contributed by atoms with Crippen molar-refractivity contribution in [3.05, 3.63) is 59.5 Å². The number of aromatic nitrogens is 1. The smallest absolute Gasteiger partial charge is 0.170 e. The average Bonchev–Trinajstić information content (AvgIpc) is 2.90. The van der Waals surface area contributed by atoms with E-state index in [9.17, 15) is 4.39 Å². The van der Waals surface area contributed by atoms with E-state index in [4.69, 9.17) is 17.0 Å². The molecule has 0 aliphatic heterocycles. The predicted octanol–water partition coefficient (Wildman–Crippen LogP) is 4.15. The Bertz CT molecular complexity index is 907. The Labute approximate surface area is 151 Å². The fourth-order valence-electron chi connectivity index (χ4n) is 2.85. The number of ether oxygens (including phenoxy) is 1. The van der Waals surface area contributed by atoms with E-state index >= 15 is 0 Å². The average molecular weight is 357 g/mol. The van der Waals surface area contributed by atoms with E-state index in [-0.39, 0.29) is 5.82 Å². The third-order valence-electron chi connectivity index (χ3n) is 4.07. The molecule has 0 fully saturated rings. The molecule has 1 aromatic heterocycles. The number of halogens is 1. The first-order valence-electron chi connectivity index (χ1n) is 8.02. The molecule has 0 unspecified atom stereocenters. The number of hydrogen-bond acceptors (Lipinski definition) is 2. The number of anilines is 1. The van der Waals surface area contributed by atoms with Crippen LogP contribution in [0.3, 0.4) is 0 Å². The zero-order valence-corrected chi connectivity index (χ0v) is 15.0. The molecule has 0 amide bonds. The number of thiocarbonyl (C=S) groups is 1. The van der Waals surface area contributed by atoms with Gasteiger partial charge in [0.25, 0.3) is 0 Å². The third kappa shape index (κ3) is 4.09. The van der Waals surface area contributed by atoms with Gasteiger partial charge in [0.1, 0.15) is 11.6 Å². The lowest BCUT2D eigenvalue weighted by atomic mass is 10.1. The molecule has 3 aromatic rings. The Morgan fingerprint density at radius 2 is 2.08 bits per heavy atom. The van der Waals surface area contributed by atoms with Crippen molar-refractivity contribution in [2.24, 2.45) is 0 Å². The number of benzene rings is 2. The van der Waals surface area contributed by atoms with Gasteiger partial charge < -0.3 is 20.4 Å². The lowest BCUT2D eigenvalue weighted by Crippen LogP contribution is -2.30. The second kappa shape index (κ2) is 7.53. The zero-order chi connectivity index (χ0) is 17.8. The normalized spacial score (nSPS) is 10.7. The van der Waals surface area contributed by atoms with Crippen LogP contribution in [0.15, 0.2) is 42.5 Å². The molecule has 130 valence electrons. The van der Waals surface area contributed by atoms with Gasteiger partial charge in [0.05, 0.1) is 7.11 Å². The topological polar surface area (TPSA) is 49.1 Å². The molecule has 0 saturated heterocycles. The maximum atomic E-state index is 13.5. The van der Waals surface area contributed by atoms with Crippen LogP contribution in [0.5, 0.6) is 5.75 Å². The second-order valence-electron chi connectivity index (χ2n) is 5.78. The molecule has 3 N–H and O–H groups in total. The van der Waals surface area contributed by atoms with Gasteiger partial charge in [-0.05, 0) is 61.5 Å². The highest BCUT2D eigenvalue weighted by Gasteiger charge is 2.09. The number of aryl methyl sites for hydroxylation is 1. The van der Waals surface area contributed by atoms with E-state index in [0.29, 0.717) is 11.7 Å². The molecular formula is C19H20FN3OS. The van der Waals surface area contributed by atoms with E-state index in [1.54, 1.807) is 19.2 Å². The fraction of sp³-hybridized carbons (Fsp3) is 0.211. The van der Waals surface area contributed by atoms with Crippen LogP contribution in [-0.4, -0.2) is 23.8 Å². The number of hydrogen-bond donors (Lipinski definition) is 3. The Hall–Kier alpha value is -2.60. The summed E-state index contributed by atoms with van der Waals surface area (Å²) in [4.78, 5) is 3.29.